The van der Waals surface area contributed by atoms with Crippen molar-refractivity contribution in [2.75, 3.05) is 0 Å². The second kappa shape index (κ2) is 8.62. The molecule has 0 saturated heterocycles. The van der Waals surface area contributed by atoms with E-state index in [1.165, 1.54) is 10.5 Å². The van der Waals surface area contributed by atoms with Gasteiger partial charge in [0.1, 0.15) is 28.6 Å². The van der Waals surface area contributed by atoms with Crippen LogP contribution in [0.25, 0.3) is 11.7 Å². The summed E-state index contributed by atoms with van der Waals surface area (Å²) in [5.41, 5.74) is -0.136. The minimum Gasteiger partial charge on any atom is -0.438 e. The monoisotopic (exact) mass is 400 g/mol. The molecule has 0 aliphatic heterocycles. The molecular weight excluding hydrogens is 380 g/mol. The molecule has 4 rings (SSSR count). The van der Waals surface area contributed by atoms with Gasteiger partial charge >= 0.3 is 0 Å². The molecule has 1 aliphatic rings. The summed E-state index contributed by atoms with van der Waals surface area (Å²) in [4.78, 5) is 30.2. The minimum absolute atomic E-state index is 0.0406. The van der Waals surface area contributed by atoms with Crippen molar-refractivity contribution in [3.05, 3.63) is 76.2 Å². The smallest absolute Gasteiger partial charge is 0.269 e. The Balaban J connectivity index is 1.78. The molecule has 7 heteroatoms. The number of carbonyl (C=O) groups excluding carboxylic acids is 1. The van der Waals surface area contributed by atoms with E-state index in [2.05, 4.69) is 10.3 Å². The second-order valence-electron chi connectivity index (χ2n) is 7.10. The highest BCUT2D eigenvalue weighted by molar-refractivity contribution is 6.02. The van der Waals surface area contributed by atoms with E-state index in [1.807, 2.05) is 12.1 Å². The third kappa shape index (κ3) is 4.08. The van der Waals surface area contributed by atoms with Crippen molar-refractivity contribution < 1.29 is 9.53 Å². The summed E-state index contributed by atoms with van der Waals surface area (Å²) in [5, 5.41) is 12.4. The van der Waals surface area contributed by atoms with Gasteiger partial charge in [-0.05, 0) is 43.2 Å². The molecule has 0 bridgehead atoms. The Morgan fingerprint density at radius 2 is 1.90 bits per heavy atom. The lowest BCUT2D eigenvalue weighted by molar-refractivity contribution is -0.117. The first-order chi connectivity index (χ1) is 14.7. The van der Waals surface area contributed by atoms with Gasteiger partial charge in [-0.15, -0.1) is 0 Å². The number of para-hydroxylation sites is 1. The van der Waals surface area contributed by atoms with Crippen molar-refractivity contribution in [2.24, 2.45) is 0 Å². The van der Waals surface area contributed by atoms with Crippen molar-refractivity contribution in [3.63, 3.8) is 0 Å². The van der Waals surface area contributed by atoms with Gasteiger partial charge in [0.15, 0.2) is 0 Å². The maximum Gasteiger partial charge on any atom is 0.269 e. The molecule has 0 radical (unpaired) electrons. The van der Waals surface area contributed by atoms with Gasteiger partial charge in [0.05, 0.1) is 0 Å². The fourth-order valence-electron chi connectivity index (χ4n) is 3.51. The largest absolute Gasteiger partial charge is 0.438 e. The number of aromatic nitrogens is 2. The van der Waals surface area contributed by atoms with E-state index in [-0.39, 0.29) is 23.1 Å². The summed E-state index contributed by atoms with van der Waals surface area (Å²) in [6.45, 7) is 0. The number of pyridine rings is 1. The van der Waals surface area contributed by atoms with Crippen LogP contribution in [0, 0.1) is 11.3 Å². The summed E-state index contributed by atoms with van der Waals surface area (Å²) in [5.74, 6) is 0.0414. The van der Waals surface area contributed by atoms with Gasteiger partial charge < -0.3 is 10.1 Å². The lowest BCUT2D eigenvalue weighted by Gasteiger charge is -2.12. The Labute approximate surface area is 173 Å². The Kier molecular flexibility index (Phi) is 5.57. The highest BCUT2D eigenvalue weighted by Crippen LogP contribution is 2.24. The van der Waals surface area contributed by atoms with Crippen LogP contribution in [0.1, 0.15) is 31.2 Å². The predicted molar refractivity (Wildman–Crippen MR) is 112 cm³/mol. The third-order valence-corrected chi connectivity index (χ3v) is 5.04. The van der Waals surface area contributed by atoms with Crippen LogP contribution in [-0.2, 0) is 4.79 Å². The zero-order chi connectivity index (χ0) is 20.9. The number of amides is 1. The van der Waals surface area contributed by atoms with E-state index in [0.717, 1.165) is 25.7 Å². The number of hydrogen-bond donors (Lipinski definition) is 1. The first-order valence-corrected chi connectivity index (χ1v) is 9.82. The summed E-state index contributed by atoms with van der Waals surface area (Å²) in [7, 11) is 0. The SMILES string of the molecule is N#C/C(=C\c1c(Oc2ccccc2)nc2ccccn2c1=O)C(=O)NC1CCCC1. The van der Waals surface area contributed by atoms with Crippen LogP contribution in [0.15, 0.2) is 65.1 Å². The molecule has 1 aromatic carbocycles. The maximum atomic E-state index is 13.1. The van der Waals surface area contributed by atoms with Gasteiger partial charge in [-0.2, -0.15) is 10.2 Å². The average molecular weight is 400 g/mol. The van der Waals surface area contributed by atoms with Crippen LogP contribution < -0.4 is 15.6 Å². The van der Waals surface area contributed by atoms with Crippen LogP contribution in [0.3, 0.4) is 0 Å². The highest BCUT2D eigenvalue weighted by atomic mass is 16.5. The Bertz CT molecular complexity index is 1200. The van der Waals surface area contributed by atoms with Gasteiger partial charge in [-0.3, -0.25) is 14.0 Å². The molecule has 1 saturated carbocycles. The minimum atomic E-state index is -0.493. The lowest BCUT2D eigenvalue weighted by Crippen LogP contribution is -2.33. The van der Waals surface area contributed by atoms with Crippen molar-refractivity contribution in [1.82, 2.24) is 14.7 Å². The van der Waals surface area contributed by atoms with E-state index in [1.54, 1.807) is 48.7 Å². The third-order valence-electron chi connectivity index (χ3n) is 5.04. The first-order valence-electron chi connectivity index (χ1n) is 9.82. The van der Waals surface area contributed by atoms with E-state index >= 15 is 0 Å². The van der Waals surface area contributed by atoms with E-state index in [9.17, 15) is 14.9 Å². The number of benzene rings is 1. The van der Waals surface area contributed by atoms with Crippen molar-refractivity contribution in [2.45, 2.75) is 31.7 Å². The zero-order valence-electron chi connectivity index (χ0n) is 16.2. The van der Waals surface area contributed by atoms with E-state index in [0.29, 0.717) is 11.4 Å². The van der Waals surface area contributed by atoms with Gasteiger partial charge in [0.25, 0.3) is 11.5 Å². The Morgan fingerprint density at radius 1 is 1.17 bits per heavy atom. The van der Waals surface area contributed by atoms with Gasteiger partial charge in [-0.1, -0.05) is 37.1 Å². The average Bonchev–Trinajstić information content (AvgIpc) is 3.27. The number of nitrogens with one attached hydrogen (secondary N) is 1. The van der Waals surface area contributed by atoms with Crippen LogP contribution in [0.4, 0.5) is 0 Å². The van der Waals surface area contributed by atoms with Crippen molar-refractivity contribution >= 4 is 17.6 Å². The molecule has 2 heterocycles. The van der Waals surface area contributed by atoms with Crippen molar-refractivity contribution in [3.8, 4) is 17.7 Å². The van der Waals surface area contributed by atoms with E-state index in [4.69, 9.17) is 4.74 Å². The fourth-order valence-corrected chi connectivity index (χ4v) is 3.51. The fraction of sp³-hybridized carbons (Fsp3) is 0.217. The second-order valence-corrected chi connectivity index (χ2v) is 7.10. The molecule has 0 atom stereocenters. The molecule has 2 aromatic heterocycles. The number of nitrogens with zero attached hydrogens (tertiary/aromatic N) is 3. The molecule has 3 aromatic rings. The quantitative estimate of drug-likeness (QED) is 0.523. The van der Waals surface area contributed by atoms with E-state index < -0.39 is 11.5 Å². The van der Waals surface area contributed by atoms with Gasteiger partial charge in [-0.25, -0.2) is 0 Å². The number of ether oxygens (including phenoxy) is 1. The highest BCUT2D eigenvalue weighted by Gasteiger charge is 2.21. The standard InChI is InChI=1S/C23H20N4O3/c24-15-16(21(28)25-17-8-4-5-9-17)14-19-22(30-18-10-2-1-3-11-18)26-20-12-6-7-13-27(20)23(19)29/h1-3,6-7,10-14,17H,4-5,8-9H2,(H,25,28)/b16-14+. The first kappa shape index (κ1) is 19.4. The number of carbonyl (C=O) groups is 1. The molecule has 1 N–H and O–H groups in total. The summed E-state index contributed by atoms with van der Waals surface area (Å²) < 4.78 is 7.20. The summed E-state index contributed by atoms with van der Waals surface area (Å²) in [6.07, 6.45) is 6.75. The Morgan fingerprint density at radius 3 is 2.63 bits per heavy atom. The molecule has 1 amide bonds. The van der Waals surface area contributed by atoms with Crippen LogP contribution in [-0.4, -0.2) is 21.3 Å². The predicted octanol–water partition coefficient (Wildman–Crippen LogP) is 3.45. The molecule has 0 spiro atoms. The molecule has 1 fully saturated rings. The number of fused-ring (bicyclic) bond motifs is 1. The van der Waals surface area contributed by atoms with Crippen LogP contribution in [0.5, 0.6) is 11.6 Å². The Hall–Kier alpha value is -3.92. The molecule has 30 heavy (non-hydrogen) atoms. The molecule has 1 aliphatic carbocycles. The topological polar surface area (TPSA) is 96.5 Å². The van der Waals surface area contributed by atoms with Crippen molar-refractivity contribution in [1.29, 1.82) is 5.26 Å². The molecular formula is C23H20N4O3. The lowest BCUT2D eigenvalue weighted by atomic mass is 10.1. The molecule has 7 nitrogen and oxygen atoms in total. The number of hydrogen-bond acceptors (Lipinski definition) is 5. The zero-order valence-corrected chi connectivity index (χ0v) is 16.2. The number of rotatable bonds is 5. The van der Waals surface area contributed by atoms with Crippen LogP contribution in [0.2, 0.25) is 0 Å². The normalized spacial score (nSPS) is 14.4. The van der Waals surface area contributed by atoms with Gasteiger partial charge in [0.2, 0.25) is 5.88 Å². The van der Waals surface area contributed by atoms with Gasteiger partial charge in [0, 0.05) is 12.2 Å². The molecule has 0 unspecified atom stereocenters. The summed E-state index contributed by atoms with van der Waals surface area (Å²) in [6, 6.07) is 16.0. The molecule has 150 valence electrons. The van der Waals surface area contributed by atoms with Crippen LogP contribution >= 0.6 is 0 Å². The maximum absolute atomic E-state index is 13.1. The number of nitriles is 1. The summed E-state index contributed by atoms with van der Waals surface area (Å²) >= 11 is 0.